The number of pyridine rings is 1. The van der Waals surface area contributed by atoms with Gasteiger partial charge in [0.25, 0.3) is 5.91 Å². The quantitative estimate of drug-likeness (QED) is 0.893. The van der Waals surface area contributed by atoms with Crippen LogP contribution in [0.5, 0.6) is 0 Å². The normalized spacial score (nSPS) is 12.6. The number of aliphatic hydroxyl groups is 1. The van der Waals surface area contributed by atoms with E-state index in [0.29, 0.717) is 34.5 Å². The van der Waals surface area contributed by atoms with Crippen molar-refractivity contribution in [3.05, 3.63) is 41.3 Å². The first kappa shape index (κ1) is 16.4. The van der Waals surface area contributed by atoms with Crippen molar-refractivity contribution >= 4 is 16.8 Å². The minimum absolute atomic E-state index is 0.111. The second-order valence-corrected chi connectivity index (χ2v) is 5.96. The number of hydrogen-bond donors (Lipinski definition) is 2. The standard InChI is InChI=1S/C17H21FN2O2/c1-10(2)6-13(9-21)20-17(22)15-7-11(3)19-16-8-12(18)4-5-14(15)16/h4-5,7-8,10,13,21H,6,9H2,1-3H3,(H,20,22). The van der Waals surface area contributed by atoms with Crippen molar-refractivity contribution in [2.24, 2.45) is 5.92 Å². The maximum atomic E-state index is 13.3. The van der Waals surface area contributed by atoms with Crippen molar-refractivity contribution in [1.29, 1.82) is 0 Å². The number of carbonyl (C=O) groups excluding carboxylic acids is 1. The molecule has 118 valence electrons. The molecular formula is C17H21FN2O2. The summed E-state index contributed by atoms with van der Waals surface area (Å²) in [6.45, 7) is 5.71. The summed E-state index contributed by atoms with van der Waals surface area (Å²) in [6.07, 6.45) is 0.693. The molecule has 1 aromatic carbocycles. The van der Waals surface area contributed by atoms with Gasteiger partial charge in [0, 0.05) is 17.1 Å². The van der Waals surface area contributed by atoms with E-state index < -0.39 is 0 Å². The molecule has 0 saturated heterocycles. The maximum Gasteiger partial charge on any atom is 0.252 e. The summed E-state index contributed by atoms with van der Waals surface area (Å²) in [7, 11) is 0. The molecule has 0 saturated carbocycles. The zero-order chi connectivity index (χ0) is 16.3. The molecule has 0 spiro atoms. The Kier molecular flexibility index (Phi) is 5.08. The van der Waals surface area contributed by atoms with Crippen LogP contribution in [-0.2, 0) is 0 Å². The van der Waals surface area contributed by atoms with Crippen LogP contribution in [0.15, 0.2) is 24.3 Å². The number of aryl methyl sites for hydroxylation is 1. The van der Waals surface area contributed by atoms with E-state index in [0.717, 1.165) is 0 Å². The van der Waals surface area contributed by atoms with Crippen LogP contribution in [-0.4, -0.2) is 28.6 Å². The predicted molar refractivity (Wildman–Crippen MR) is 84.2 cm³/mol. The summed E-state index contributed by atoms with van der Waals surface area (Å²) in [4.78, 5) is 16.8. The van der Waals surface area contributed by atoms with Crippen LogP contribution in [0.3, 0.4) is 0 Å². The minimum atomic E-state index is -0.384. The van der Waals surface area contributed by atoms with E-state index in [4.69, 9.17) is 0 Å². The zero-order valence-electron chi connectivity index (χ0n) is 13.1. The number of fused-ring (bicyclic) bond motifs is 1. The number of carbonyl (C=O) groups is 1. The van der Waals surface area contributed by atoms with E-state index in [2.05, 4.69) is 10.3 Å². The number of aliphatic hydroxyl groups excluding tert-OH is 1. The van der Waals surface area contributed by atoms with E-state index in [-0.39, 0.29) is 24.4 Å². The van der Waals surface area contributed by atoms with Gasteiger partial charge in [-0.3, -0.25) is 9.78 Å². The number of halogens is 1. The lowest BCUT2D eigenvalue weighted by Crippen LogP contribution is -2.38. The fraction of sp³-hybridized carbons (Fsp3) is 0.412. The van der Waals surface area contributed by atoms with Gasteiger partial charge in [-0.1, -0.05) is 13.8 Å². The van der Waals surface area contributed by atoms with Crippen molar-refractivity contribution in [3.8, 4) is 0 Å². The Morgan fingerprint density at radius 3 is 2.73 bits per heavy atom. The summed E-state index contributed by atoms with van der Waals surface area (Å²) in [5.74, 6) is -0.297. The molecule has 22 heavy (non-hydrogen) atoms. The molecule has 2 N–H and O–H groups in total. The highest BCUT2D eigenvalue weighted by Gasteiger charge is 2.17. The van der Waals surface area contributed by atoms with Crippen LogP contribution in [0.4, 0.5) is 4.39 Å². The topological polar surface area (TPSA) is 62.2 Å². The summed E-state index contributed by atoms with van der Waals surface area (Å²) in [6, 6.07) is 5.57. The second-order valence-electron chi connectivity index (χ2n) is 5.96. The van der Waals surface area contributed by atoms with Crippen LogP contribution < -0.4 is 5.32 Å². The number of nitrogens with zero attached hydrogens (tertiary/aromatic N) is 1. The highest BCUT2D eigenvalue weighted by Crippen LogP contribution is 2.20. The average molecular weight is 304 g/mol. The Hall–Kier alpha value is -2.01. The van der Waals surface area contributed by atoms with E-state index in [9.17, 15) is 14.3 Å². The molecule has 0 aliphatic carbocycles. The fourth-order valence-corrected chi connectivity index (χ4v) is 2.53. The molecule has 4 nitrogen and oxygen atoms in total. The molecule has 2 rings (SSSR count). The molecule has 0 fully saturated rings. The van der Waals surface area contributed by atoms with E-state index in [1.807, 2.05) is 13.8 Å². The number of aromatic nitrogens is 1. The summed E-state index contributed by atoms with van der Waals surface area (Å²) < 4.78 is 13.3. The van der Waals surface area contributed by atoms with Crippen molar-refractivity contribution < 1.29 is 14.3 Å². The number of nitrogens with one attached hydrogen (secondary N) is 1. The third-order valence-electron chi connectivity index (χ3n) is 3.46. The lowest BCUT2D eigenvalue weighted by molar-refractivity contribution is 0.0910. The van der Waals surface area contributed by atoms with Crippen LogP contribution in [0.1, 0.15) is 36.3 Å². The SMILES string of the molecule is Cc1cc(C(=O)NC(CO)CC(C)C)c2ccc(F)cc2n1. The third-order valence-corrected chi connectivity index (χ3v) is 3.46. The number of rotatable bonds is 5. The van der Waals surface area contributed by atoms with Crippen molar-refractivity contribution in [3.63, 3.8) is 0 Å². The fourth-order valence-electron chi connectivity index (χ4n) is 2.53. The highest BCUT2D eigenvalue weighted by atomic mass is 19.1. The Labute approximate surface area is 129 Å². The predicted octanol–water partition coefficient (Wildman–Crippen LogP) is 2.82. The van der Waals surface area contributed by atoms with Crippen LogP contribution in [0, 0.1) is 18.7 Å². The first-order valence-electron chi connectivity index (χ1n) is 7.39. The Morgan fingerprint density at radius 1 is 1.36 bits per heavy atom. The molecule has 0 bridgehead atoms. The molecular weight excluding hydrogens is 283 g/mol. The number of hydrogen-bond acceptors (Lipinski definition) is 3. The summed E-state index contributed by atoms with van der Waals surface area (Å²) in [5, 5.41) is 12.8. The van der Waals surface area contributed by atoms with Crippen LogP contribution in [0.25, 0.3) is 10.9 Å². The van der Waals surface area contributed by atoms with Gasteiger partial charge in [0.05, 0.1) is 23.7 Å². The molecule has 1 amide bonds. The van der Waals surface area contributed by atoms with Crippen molar-refractivity contribution in [1.82, 2.24) is 10.3 Å². The molecule has 1 aromatic heterocycles. The number of benzene rings is 1. The summed E-state index contributed by atoms with van der Waals surface area (Å²) in [5.41, 5.74) is 1.55. The third kappa shape index (κ3) is 3.80. The molecule has 0 aliphatic rings. The molecule has 0 aliphatic heterocycles. The van der Waals surface area contributed by atoms with Gasteiger partial charge in [0.15, 0.2) is 0 Å². The highest BCUT2D eigenvalue weighted by molar-refractivity contribution is 6.06. The monoisotopic (exact) mass is 304 g/mol. The average Bonchev–Trinajstić information content (AvgIpc) is 2.44. The Morgan fingerprint density at radius 2 is 2.09 bits per heavy atom. The molecule has 1 unspecified atom stereocenters. The lowest BCUT2D eigenvalue weighted by Gasteiger charge is -2.19. The molecule has 0 radical (unpaired) electrons. The van der Waals surface area contributed by atoms with E-state index >= 15 is 0 Å². The van der Waals surface area contributed by atoms with Gasteiger partial charge in [-0.2, -0.15) is 0 Å². The Bertz CT molecular complexity index is 680. The smallest absolute Gasteiger partial charge is 0.252 e. The molecule has 2 aromatic rings. The second kappa shape index (κ2) is 6.83. The van der Waals surface area contributed by atoms with Gasteiger partial charge in [-0.25, -0.2) is 4.39 Å². The van der Waals surface area contributed by atoms with Gasteiger partial charge in [0.2, 0.25) is 0 Å². The van der Waals surface area contributed by atoms with Crippen molar-refractivity contribution in [2.75, 3.05) is 6.61 Å². The first-order valence-corrected chi connectivity index (χ1v) is 7.39. The van der Waals surface area contributed by atoms with Crippen LogP contribution >= 0.6 is 0 Å². The van der Waals surface area contributed by atoms with E-state index in [1.165, 1.54) is 12.1 Å². The van der Waals surface area contributed by atoms with Crippen LogP contribution in [0.2, 0.25) is 0 Å². The first-order chi connectivity index (χ1) is 10.4. The van der Waals surface area contributed by atoms with Gasteiger partial charge >= 0.3 is 0 Å². The summed E-state index contributed by atoms with van der Waals surface area (Å²) >= 11 is 0. The van der Waals surface area contributed by atoms with E-state index in [1.54, 1.807) is 19.1 Å². The molecule has 5 heteroatoms. The van der Waals surface area contributed by atoms with Gasteiger partial charge in [-0.05, 0) is 37.5 Å². The Balaban J connectivity index is 2.35. The van der Waals surface area contributed by atoms with Crippen molar-refractivity contribution in [2.45, 2.75) is 33.2 Å². The molecule has 1 atom stereocenters. The minimum Gasteiger partial charge on any atom is -0.394 e. The van der Waals surface area contributed by atoms with Gasteiger partial charge < -0.3 is 10.4 Å². The number of amides is 1. The van der Waals surface area contributed by atoms with Gasteiger partial charge in [-0.15, -0.1) is 0 Å². The maximum absolute atomic E-state index is 13.3. The lowest BCUT2D eigenvalue weighted by atomic mass is 10.0. The molecule has 1 heterocycles. The zero-order valence-corrected chi connectivity index (χ0v) is 13.1. The van der Waals surface area contributed by atoms with Gasteiger partial charge in [0.1, 0.15) is 5.82 Å². The largest absolute Gasteiger partial charge is 0.394 e.